The summed E-state index contributed by atoms with van der Waals surface area (Å²) >= 11 is 0. The minimum atomic E-state index is -1.55. The molecule has 2 heterocycles. The van der Waals surface area contributed by atoms with E-state index in [4.69, 9.17) is 24.1 Å². The summed E-state index contributed by atoms with van der Waals surface area (Å²) in [7, 11) is 0. The van der Waals surface area contributed by atoms with Crippen LogP contribution in [0, 0.1) is 0 Å². The van der Waals surface area contributed by atoms with E-state index in [1.807, 2.05) is 0 Å². The number of ether oxygens (including phenoxy) is 2. The highest BCUT2D eigenvalue weighted by atomic mass is 16.7. The lowest BCUT2D eigenvalue weighted by atomic mass is 9.99. The van der Waals surface area contributed by atoms with Gasteiger partial charge < -0.3 is 39.4 Å². The zero-order valence-electron chi connectivity index (χ0n) is 10.8. The van der Waals surface area contributed by atoms with Crippen LogP contribution >= 0.6 is 0 Å². The Bertz CT molecular complexity index is 526. The molecule has 5 N–H and O–H groups in total. The molecular formula is C12H16O9. The lowest BCUT2D eigenvalue weighted by molar-refractivity contribution is -0.304. The second-order valence-corrected chi connectivity index (χ2v) is 4.60. The Morgan fingerprint density at radius 2 is 1.90 bits per heavy atom. The van der Waals surface area contributed by atoms with Crippen molar-refractivity contribution < 1.29 is 39.4 Å². The van der Waals surface area contributed by atoms with E-state index < -0.39 is 48.5 Å². The van der Waals surface area contributed by atoms with Crippen molar-refractivity contribution in [2.45, 2.75) is 37.3 Å². The zero-order valence-corrected chi connectivity index (χ0v) is 10.8. The van der Waals surface area contributed by atoms with Gasteiger partial charge in [0.25, 0.3) is 0 Å². The van der Waals surface area contributed by atoms with Crippen molar-refractivity contribution in [3.63, 3.8) is 0 Å². The first kappa shape index (κ1) is 15.9. The predicted octanol–water partition coefficient (Wildman–Crippen LogP) is -2.34. The monoisotopic (exact) mass is 304 g/mol. The molecule has 0 unspecified atom stereocenters. The molecular weight excluding hydrogens is 288 g/mol. The van der Waals surface area contributed by atoms with E-state index >= 15 is 0 Å². The molecule has 0 spiro atoms. The summed E-state index contributed by atoms with van der Waals surface area (Å²) in [5.74, 6) is -0.485. The fourth-order valence-corrected chi connectivity index (χ4v) is 1.89. The quantitative estimate of drug-likeness (QED) is 0.412. The van der Waals surface area contributed by atoms with Crippen molar-refractivity contribution in [3.05, 3.63) is 28.3 Å². The summed E-state index contributed by atoms with van der Waals surface area (Å²) in [6.07, 6.45) is -6.12. The van der Waals surface area contributed by atoms with Gasteiger partial charge in [-0.15, -0.1) is 0 Å². The van der Waals surface area contributed by atoms with Gasteiger partial charge in [-0.25, -0.2) is 0 Å². The first-order valence-corrected chi connectivity index (χ1v) is 6.17. The van der Waals surface area contributed by atoms with Crippen LogP contribution in [0.1, 0.15) is 5.76 Å². The lowest BCUT2D eigenvalue weighted by Gasteiger charge is -2.39. The average molecular weight is 304 g/mol. The van der Waals surface area contributed by atoms with E-state index in [1.165, 1.54) is 0 Å². The molecule has 0 amide bonds. The molecule has 9 nitrogen and oxygen atoms in total. The molecule has 1 saturated heterocycles. The molecule has 5 atom stereocenters. The number of rotatable bonds is 4. The average Bonchev–Trinajstić information content (AvgIpc) is 2.47. The topological polar surface area (TPSA) is 150 Å². The third-order valence-electron chi connectivity index (χ3n) is 3.10. The summed E-state index contributed by atoms with van der Waals surface area (Å²) in [5, 5.41) is 46.9. The van der Waals surface area contributed by atoms with Gasteiger partial charge in [-0.05, 0) is 0 Å². The number of aliphatic hydroxyl groups excluding tert-OH is 4. The first-order valence-electron chi connectivity index (χ1n) is 6.17. The van der Waals surface area contributed by atoms with Crippen LogP contribution in [-0.2, 0) is 16.1 Å². The van der Waals surface area contributed by atoms with Gasteiger partial charge in [-0.3, -0.25) is 4.79 Å². The second kappa shape index (κ2) is 6.52. The Kier molecular flexibility index (Phi) is 4.93. The van der Waals surface area contributed by atoms with Crippen molar-refractivity contribution in [1.82, 2.24) is 0 Å². The Labute approximate surface area is 118 Å². The highest BCUT2D eigenvalue weighted by Gasteiger charge is 2.44. The van der Waals surface area contributed by atoms with Crippen molar-refractivity contribution >= 4 is 0 Å². The van der Waals surface area contributed by atoms with E-state index in [0.717, 1.165) is 12.3 Å². The van der Waals surface area contributed by atoms with Crippen molar-refractivity contribution in [2.24, 2.45) is 0 Å². The number of aliphatic hydroxyl groups is 4. The van der Waals surface area contributed by atoms with Crippen molar-refractivity contribution in [2.75, 3.05) is 6.61 Å². The summed E-state index contributed by atoms with van der Waals surface area (Å²) in [6, 6.07) is 0.999. The van der Waals surface area contributed by atoms with Gasteiger partial charge in [0, 0.05) is 6.07 Å². The maximum absolute atomic E-state index is 11.2. The zero-order chi connectivity index (χ0) is 15.6. The standard InChI is InChI=1S/C12H16O9/c13-2-8-9(16)10(17)11(18)12(21-8)20-3-5-1-6(14)7(15)4-19-5/h1,4,8-13,15-18H,2-3H2/t8-,9-,10+,11-,12+/m1/s1. The molecule has 0 bridgehead atoms. The van der Waals surface area contributed by atoms with Crippen LogP contribution in [0.2, 0.25) is 0 Å². The molecule has 0 aromatic carbocycles. The molecule has 1 aliphatic rings. The molecule has 0 aliphatic carbocycles. The van der Waals surface area contributed by atoms with Gasteiger partial charge in [0.15, 0.2) is 12.0 Å². The van der Waals surface area contributed by atoms with Crippen LogP contribution in [0.25, 0.3) is 0 Å². The normalized spacial score (nSPS) is 33.0. The van der Waals surface area contributed by atoms with Gasteiger partial charge in [0.1, 0.15) is 43.0 Å². The minimum absolute atomic E-state index is 0.0646. The molecule has 2 rings (SSSR count). The largest absolute Gasteiger partial charge is 0.502 e. The molecule has 0 radical (unpaired) electrons. The van der Waals surface area contributed by atoms with Crippen LogP contribution in [0.15, 0.2) is 21.5 Å². The van der Waals surface area contributed by atoms with E-state index in [0.29, 0.717) is 0 Å². The Balaban J connectivity index is 2.01. The molecule has 9 heteroatoms. The smallest absolute Gasteiger partial charge is 0.226 e. The van der Waals surface area contributed by atoms with Crippen LogP contribution in [0.3, 0.4) is 0 Å². The Morgan fingerprint density at radius 3 is 2.52 bits per heavy atom. The SMILES string of the molecule is O=c1cc(CO[C@H]2O[C@H](CO)[C@@H](O)[C@H](O)[C@H]2O)occ1O. The third-order valence-corrected chi connectivity index (χ3v) is 3.10. The maximum Gasteiger partial charge on any atom is 0.226 e. The van der Waals surface area contributed by atoms with Crippen molar-refractivity contribution in [1.29, 1.82) is 0 Å². The molecule has 1 aromatic heterocycles. The number of hydrogen-bond donors (Lipinski definition) is 5. The maximum atomic E-state index is 11.2. The van der Waals surface area contributed by atoms with Crippen LogP contribution in [0.5, 0.6) is 5.75 Å². The van der Waals surface area contributed by atoms with Gasteiger partial charge in [0.05, 0.1) is 6.61 Å². The number of hydrogen-bond acceptors (Lipinski definition) is 9. The summed E-state index contributed by atoms with van der Waals surface area (Å²) < 4.78 is 15.2. The Hall–Kier alpha value is -1.49. The third kappa shape index (κ3) is 3.40. The van der Waals surface area contributed by atoms with E-state index in [1.54, 1.807) is 0 Å². The molecule has 118 valence electrons. The second-order valence-electron chi connectivity index (χ2n) is 4.60. The summed E-state index contributed by atoms with van der Waals surface area (Å²) in [4.78, 5) is 11.2. The Morgan fingerprint density at radius 1 is 1.19 bits per heavy atom. The van der Waals surface area contributed by atoms with E-state index in [2.05, 4.69) is 0 Å². The summed E-state index contributed by atoms with van der Waals surface area (Å²) in [5.41, 5.74) is -0.659. The molecule has 1 fully saturated rings. The first-order chi connectivity index (χ1) is 9.93. The van der Waals surface area contributed by atoms with Gasteiger partial charge >= 0.3 is 0 Å². The minimum Gasteiger partial charge on any atom is -0.502 e. The molecule has 1 aliphatic heterocycles. The fourth-order valence-electron chi connectivity index (χ4n) is 1.89. The van der Waals surface area contributed by atoms with E-state index in [9.17, 15) is 20.1 Å². The highest BCUT2D eigenvalue weighted by molar-refractivity contribution is 5.15. The van der Waals surface area contributed by atoms with Gasteiger partial charge in [-0.1, -0.05) is 0 Å². The summed E-state index contributed by atoms with van der Waals surface area (Å²) in [6.45, 7) is -0.850. The fraction of sp³-hybridized carbons (Fsp3) is 0.583. The lowest BCUT2D eigenvalue weighted by Crippen LogP contribution is -2.59. The van der Waals surface area contributed by atoms with E-state index in [-0.39, 0.29) is 12.4 Å². The van der Waals surface area contributed by atoms with Gasteiger partial charge in [0.2, 0.25) is 5.43 Å². The van der Waals surface area contributed by atoms with Crippen LogP contribution in [0.4, 0.5) is 0 Å². The molecule has 0 saturated carbocycles. The van der Waals surface area contributed by atoms with Gasteiger partial charge in [-0.2, -0.15) is 0 Å². The number of aromatic hydroxyl groups is 1. The molecule has 1 aromatic rings. The highest BCUT2D eigenvalue weighted by Crippen LogP contribution is 2.22. The van der Waals surface area contributed by atoms with Crippen LogP contribution < -0.4 is 5.43 Å². The van der Waals surface area contributed by atoms with Crippen LogP contribution in [-0.4, -0.2) is 62.8 Å². The molecule has 21 heavy (non-hydrogen) atoms. The van der Waals surface area contributed by atoms with Crippen molar-refractivity contribution in [3.8, 4) is 5.75 Å². The predicted molar refractivity (Wildman–Crippen MR) is 65.2 cm³/mol.